The highest BCUT2D eigenvalue weighted by Crippen LogP contribution is 2.28. The number of hydrogen-bond acceptors (Lipinski definition) is 2. The second-order valence-electron chi connectivity index (χ2n) is 2.90. The van der Waals surface area contributed by atoms with Crippen LogP contribution in [0.4, 0.5) is 8.78 Å². The van der Waals surface area contributed by atoms with Crippen molar-refractivity contribution in [2.45, 2.75) is 13.3 Å². The van der Waals surface area contributed by atoms with Crippen LogP contribution in [0.3, 0.4) is 0 Å². The number of nitriles is 1. The molecule has 0 spiro atoms. The molecule has 0 atom stereocenters. The van der Waals surface area contributed by atoms with Gasteiger partial charge in [0.15, 0.2) is 5.78 Å². The average molecular weight is 230 g/mol. The van der Waals surface area contributed by atoms with Crippen molar-refractivity contribution in [1.29, 1.82) is 5.26 Å². The van der Waals surface area contributed by atoms with Crippen LogP contribution in [-0.4, -0.2) is 5.78 Å². The molecule has 0 N–H and O–H groups in total. The zero-order valence-corrected chi connectivity index (χ0v) is 8.48. The van der Waals surface area contributed by atoms with E-state index >= 15 is 0 Å². The molecule has 0 unspecified atom stereocenters. The third-order valence-corrected chi connectivity index (χ3v) is 2.25. The van der Waals surface area contributed by atoms with Gasteiger partial charge < -0.3 is 0 Å². The molecule has 0 bridgehead atoms. The number of halogens is 3. The number of rotatable bonds is 2. The highest BCUT2D eigenvalue weighted by atomic mass is 35.5. The molecule has 2 nitrogen and oxygen atoms in total. The minimum Gasteiger partial charge on any atom is -0.294 e. The van der Waals surface area contributed by atoms with Crippen molar-refractivity contribution >= 4 is 17.4 Å². The summed E-state index contributed by atoms with van der Waals surface area (Å²) >= 11 is 5.69. The lowest BCUT2D eigenvalue weighted by Gasteiger charge is -2.06. The van der Waals surface area contributed by atoms with Crippen LogP contribution < -0.4 is 0 Å². The van der Waals surface area contributed by atoms with E-state index in [2.05, 4.69) is 0 Å². The number of carbonyl (C=O) groups excluding carboxylic acids is 1. The smallest absolute Gasteiger partial charge is 0.263 e. The van der Waals surface area contributed by atoms with Crippen molar-refractivity contribution < 1.29 is 13.6 Å². The summed E-state index contributed by atoms with van der Waals surface area (Å²) in [6.45, 7) is 1.21. The number of alkyl halides is 2. The van der Waals surface area contributed by atoms with Gasteiger partial charge in [0, 0.05) is 11.1 Å². The van der Waals surface area contributed by atoms with E-state index in [1.807, 2.05) is 0 Å². The second-order valence-corrected chi connectivity index (χ2v) is 3.28. The van der Waals surface area contributed by atoms with Gasteiger partial charge in [-0.3, -0.25) is 4.79 Å². The molecule has 1 rings (SSSR count). The predicted molar refractivity (Wildman–Crippen MR) is 51.1 cm³/mol. The number of benzene rings is 1. The van der Waals surface area contributed by atoms with Crippen LogP contribution in [0.5, 0.6) is 0 Å². The fraction of sp³-hybridized carbons (Fsp3) is 0.200. The topological polar surface area (TPSA) is 40.9 Å². The summed E-state index contributed by atoms with van der Waals surface area (Å²) < 4.78 is 24.8. The molecule has 0 fully saturated rings. The van der Waals surface area contributed by atoms with E-state index in [9.17, 15) is 13.6 Å². The molecule has 0 radical (unpaired) electrons. The molecule has 1 aromatic rings. The molecule has 0 saturated heterocycles. The van der Waals surface area contributed by atoms with Gasteiger partial charge in [-0.05, 0) is 19.1 Å². The van der Waals surface area contributed by atoms with Crippen molar-refractivity contribution in [2.75, 3.05) is 0 Å². The lowest BCUT2D eigenvalue weighted by Crippen LogP contribution is -1.98. The van der Waals surface area contributed by atoms with Crippen molar-refractivity contribution in [3.05, 3.63) is 33.8 Å². The maximum absolute atomic E-state index is 12.4. The Morgan fingerprint density at radius 2 is 2.13 bits per heavy atom. The molecule has 0 aliphatic carbocycles. The van der Waals surface area contributed by atoms with Gasteiger partial charge in [0.05, 0.1) is 10.6 Å². The minimum absolute atomic E-state index is 0.0500. The first-order valence-corrected chi connectivity index (χ1v) is 4.37. The Balaban J connectivity index is 3.47. The number of carbonyl (C=O) groups is 1. The number of nitrogens with zero attached hydrogens (tertiary/aromatic N) is 1. The molecule has 1 aromatic carbocycles. The monoisotopic (exact) mass is 229 g/mol. The number of hydrogen-bond donors (Lipinski definition) is 0. The Bertz CT molecular complexity index is 451. The first-order valence-electron chi connectivity index (χ1n) is 4.00. The Hall–Kier alpha value is -1.47. The van der Waals surface area contributed by atoms with Crippen molar-refractivity contribution in [3.63, 3.8) is 0 Å². The Kier molecular flexibility index (Phi) is 3.38. The first kappa shape index (κ1) is 11.6. The van der Waals surface area contributed by atoms with Gasteiger partial charge >= 0.3 is 0 Å². The largest absolute Gasteiger partial charge is 0.294 e. The molecule has 5 heteroatoms. The average Bonchev–Trinajstić information content (AvgIpc) is 2.17. The summed E-state index contributed by atoms with van der Waals surface area (Å²) in [6, 6.07) is 3.66. The van der Waals surface area contributed by atoms with Gasteiger partial charge in [-0.25, -0.2) is 8.78 Å². The molecular weight excluding hydrogens is 224 g/mol. The number of Topliss-reactive ketones (excluding diaryl/α,β-unsaturated/α-hetero) is 1. The van der Waals surface area contributed by atoms with Crippen LogP contribution in [0.1, 0.15) is 34.8 Å². The van der Waals surface area contributed by atoms with Crippen LogP contribution in [0.25, 0.3) is 0 Å². The highest BCUT2D eigenvalue weighted by Gasteiger charge is 2.16. The minimum atomic E-state index is -2.73. The van der Waals surface area contributed by atoms with Crippen molar-refractivity contribution in [2.24, 2.45) is 0 Å². The van der Waals surface area contributed by atoms with E-state index in [0.717, 1.165) is 12.1 Å². The van der Waals surface area contributed by atoms with Gasteiger partial charge in [-0.2, -0.15) is 5.26 Å². The lowest BCUT2D eigenvalue weighted by molar-refractivity contribution is 0.101. The van der Waals surface area contributed by atoms with Crippen LogP contribution in [0, 0.1) is 11.3 Å². The van der Waals surface area contributed by atoms with Crippen LogP contribution in [-0.2, 0) is 0 Å². The molecule has 78 valence electrons. The van der Waals surface area contributed by atoms with E-state index in [-0.39, 0.29) is 21.7 Å². The summed E-state index contributed by atoms with van der Waals surface area (Å²) in [5, 5.41) is 8.57. The molecular formula is C10H6ClF2NO. The molecule has 0 aromatic heterocycles. The summed E-state index contributed by atoms with van der Waals surface area (Å²) in [4.78, 5) is 11.1. The maximum atomic E-state index is 12.4. The summed E-state index contributed by atoms with van der Waals surface area (Å²) in [7, 11) is 0. The van der Waals surface area contributed by atoms with Crippen LogP contribution in [0.15, 0.2) is 12.1 Å². The molecule has 15 heavy (non-hydrogen) atoms. The van der Waals surface area contributed by atoms with E-state index < -0.39 is 12.2 Å². The maximum Gasteiger partial charge on any atom is 0.263 e. The summed E-state index contributed by atoms with van der Waals surface area (Å²) in [5.41, 5.74) is -0.535. The van der Waals surface area contributed by atoms with Crippen molar-refractivity contribution in [3.8, 4) is 6.07 Å². The van der Waals surface area contributed by atoms with Gasteiger partial charge in [0.1, 0.15) is 6.07 Å². The molecule has 0 saturated carbocycles. The summed E-state index contributed by atoms with van der Waals surface area (Å²) in [6.07, 6.45) is -2.73. The molecule has 0 aliphatic rings. The Labute approximate surface area is 90.1 Å². The second kappa shape index (κ2) is 4.37. The van der Waals surface area contributed by atoms with E-state index in [0.29, 0.717) is 0 Å². The van der Waals surface area contributed by atoms with Gasteiger partial charge in [0.25, 0.3) is 6.43 Å². The number of ketones is 1. The molecule has 0 amide bonds. The lowest BCUT2D eigenvalue weighted by atomic mass is 10.0. The Morgan fingerprint density at radius 1 is 1.53 bits per heavy atom. The van der Waals surface area contributed by atoms with Crippen LogP contribution in [0.2, 0.25) is 5.02 Å². The quantitative estimate of drug-likeness (QED) is 0.730. The zero-order valence-electron chi connectivity index (χ0n) is 7.72. The van der Waals surface area contributed by atoms with E-state index in [4.69, 9.17) is 16.9 Å². The zero-order chi connectivity index (χ0) is 11.6. The normalized spacial score (nSPS) is 10.1. The van der Waals surface area contributed by atoms with E-state index in [1.54, 1.807) is 6.07 Å². The fourth-order valence-electron chi connectivity index (χ4n) is 1.11. The predicted octanol–water partition coefficient (Wildman–Crippen LogP) is 3.35. The first-order chi connectivity index (χ1) is 6.97. The Morgan fingerprint density at radius 3 is 2.53 bits per heavy atom. The standard InChI is InChI=1S/C10H6ClF2NO/c1-5(15)8-3-6(10(12)13)2-7(4-14)9(8)11/h2-3,10H,1H3. The van der Waals surface area contributed by atoms with Gasteiger partial charge in [-0.1, -0.05) is 11.6 Å². The third-order valence-electron chi connectivity index (χ3n) is 1.85. The van der Waals surface area contributed by atoms with E-state index in [1.165, 1.54) is 6.92 Å². The summed E-state index contributed by atoms with van der Waals surface area (Å²) in [5.74, 6) is -0.445. The van der Waals surface area contributed by atoms with Crippen LogP contribution >= 0.6 is 11.6 Å². The molecule has 0 heterocycles. The van der Waals surface area contributed by atoms with Gasteiger partial charge in [-0.15, -0.1) is 0 Å². The highest BCUT2D eigenvalue weighted by molar-refractivity contribution is 6.35. The van der Waals surface area contributed by atoms with Gasteiger partial charge in [0.2, 0.25) is 0 Å². The molecule has 0 aliphatic heterocycles. The third kappa shape index (κ3) is 2.31. The fourth-order valence-corrected chi connectivity index (χ4v) is 1.39. The SMILES string of the molecule is CC(=O)c1cc(C(F)F)cc(C#N)c1Cl. The van der Waals surface area contributed by atoms with Crippen molar-refractivity contribution in [1.82, 2.24) is 0 Å².